The van der Waals surface area contributed by atoms with Gasteiger partial charge in [0.15, 0.2) is 5.78 Å². The number of urea groups is 1. The third kappa shape index (κ3) is 10.5. The van der Waals surface area contributed by atoms with Crippen LogP contribution in [0, 0.1) is 11.8 Å². The van der Waals surface area contributed by atoms with E-state index in [1.54, 1.807) is 20.1 Å². The number of carboxylic acid groups (broad SMARTS) is 1. The predicted molar refractivity (Wildman–Crippen MR) is 131 cm³/mol. The molecular formula is C23H36N4O7S. The molecule has 0 unspecified atom stereocenters. The Morgan fingerprint density at radius 1 is 1.11 bits per heavy atom. The van der Waals surface area contributed by atoms with Gasteiger partial charge >= 0.3 is 12.0 Å². The highest BCUT2D eigenvalue weighted by molar-refractivity contribution is 8.03. The number of hydrogen-bond acceptors (Lipinski definition) is 7. The van der Waals surface area contributed by atoms with Crippen molar-refractivity contribution in [2.45, 2.75) is 64.8 Å². The van der Waals surface area contributed by atoms with Gasteiger partial charge in [-0.1, -0.05) is 20.3 Å². The van der Waals surface area contributed by atoms with Crippen molar-refractivity contribution in [3.63, 3.8) is 0 Å². The van der Waals surface area contributed by atoms with E-state index < -0.39 is 24.0 Å². The summed E-state index contributed by atoms with van der Waals surface area (Å²) in [5, 5.41) is 14.5. The van der Waals surface area contributed by atoms with Crippen molar-refractivity contribution in [3.05, 3.63) is 11.0 Å². The van der Waals surface area contributed by atoms with Crippen molar-refractivity contribution in [1.82, 2.24) is 15.5 Å². The number of rotatable bonds is 17. The first-order valence-corrected chi connectivity index (χ1v) is 12.9. The van der Waals surface area contributed by atoms with Crippen LogP contribution >= 0.6 is 11.8 Å². The minimum Gasteiger partial charge on any atom is -0.481 e. The fourth-order valence-electron chi connectivity index (χ4n) is 3.68. The maximum atomic E-state index is 12.8. The summed E-state index contributed by atoms with van der Waals surface area (Å²) in [5.41, 5.74) is 4.98. The number of imide groups is 1. The maximum absolute atomic E-state index is 12.8. The van der Waals surface area contributed by atoms with Crippen molar-refractivity contribution < 1.29 is 33.9 Å². The minimum absolute atomic E-state index is 0.174. The first-order valence-electron chi connectivity index (χ1n) is 11.7. The summed E-state index contributed by atoms with van der Waals surface area (Å²) in [5.74, 6) is -3.53. The largest absolute Gasteiger partial charge is 0.481 e. The number of amides is 5. The molecule has 0 fully saturated rings. The Labute approximate surface area is 209 Å². The molecule has 0 spiro atoms. The van der Waals surface area contributed by atoms with E-state index in [0.29, 0.717) is 37.1 Å². The van der Waals surface area contributed by atoms with Crippen molar-refractivity contribution in [2.24, 2.45) is 17.6 Å². The minimum atomic E-state index is -1.11. The third-order valence-corrected chi connectivity index (χ3v) is 6.37. The second-order valence-corrected chi connectivity index (χ2v) is 9.59. The zero-order chi connectivity index (χ0) is 26.5. The molecule has 0 saturated carbocycles. The topological polar surface area (TPSA) is 176 Å². The number of nitrogens with zero attached hydrogens (tertiary/aromatic N) is 1. The lowest BCUT2D eigenvalue weighted by molar-refractivity contribution is -0.144. The molecule has 196 valence electrons. The zero-order valence-corrected chi connectivity index (χ0v) is 21.3. The van der Waals surface area contributed by atoms with Gasteiger partial charge in [-0.15, -0.1) is 11.8 Å². The fraction of sp³-hybridized carbons (Fsp3) is 0.652. The molecule has 5 amide bonds. The molecule has 2 atom stereocenters. The Bertz CT molecular complexity index is 844. The van der Waals surface area contributed by atoms with E-state index >= 15 is 0 Å². The van der Waals surface area contributed by atoms with Crippen LogP contribution in [0.15, 0.2) is 11.0 Å². The molecule has 1 rings (SSSR count). The van der Waals surface area contributed by atoms with Crippen LogP contribution in [0.25, 0.3) is 0 Å². The van der Waals surface area contributed by atoms with Gasteiger partial charge in [0.1, 0.15) is 0 Å². The summed E-state index contributed by atoms with van der Waals surface area (Å²) in [6.45, 7) is 4.05. The van der Waals surface area contributed by atoms with Crippen LogP contribution in [0.2, 0.25) is 0 Å². The first kappa shape index (κ1) is 30.1. The molecule has 1 aliphatic heterocycles. The van der Waals surface area contributed by atoms with Crippen LogP contribution in [0.3, 0.4) is 0 Å². The molecule has 0 aliphatic carbocycles. The van der Waals surface area contributed by atoms with Crippen molar-refractivity contribution >= 4 is 47.3 Å². The molecule has 1 heterocycles. The Morgan fingerprint density at radius 2 is 1.80 bits per heavy atom. The number of nitrogens with one attached hydrogen (secondary N) is 2. The van der Waals surface area contributed by atoms with E-state index in [9.17, 15) is 33.9 Å². The average Bonchev–Trinajstić information content (AvgIpc) is 3.05. The van der Waals surface area contributed by atoms with Crippen LogP contribution < -0.4 is 16.4 Å². The summed E-state index contributed by atoms with van der Waals surface area (Å²) in [6, 6.07) is -1.50. The van der Waals surface area contributed by atoms with Crippen LogP contribution in [-0.2, 0) is 24.0 Å². The Balaban J connectivity index is 2.44. The fourth-order valence-corrected chi connectivity index (χ4v) is 4.19. The highest BCUT2D eigenvalue weighted by atomic mass is 32.2. The Hall–Kier alpha value is -2.89. The SMILES string of the molecule is CSC1=CC(=O)N(CCCCCC(=O)N[C@H](C(=O)C[C@@H](CCCNC(N)=O)C(=O)O)C(C)C)C1=O. The molecule has 1 aliphatic rings. The molecule has 0 aromatic heterocycles. The number of unbranched alkanes of at least 4 members (excludes halogenated alkanes) is 2. The van der Waals surface area contributed by atoms with Crippen LogP contribution in [0.1, 0.15) is 58.8 Å². The molecule has 0 saturated heterocycles. The van der Waals surface area contributed by atoms with Gasteiger partial charge in [0, 0.05) is 32.0 Å². The van der Waals surface area contributed by atoms with E-state index in [1.807, 2.05) is 0 Å². The number of carbonyl (C=O) groups excluding carboxylic acids is 5. The zero-order valence-electron chi connectivity index (χ0n) is 20.5. The number of carboxylic acids is 1. The Kier molecular flexibility index (Phi) is 13.1. The lowest BCUT2D eigenvalue weighted by Gasteiger charge is -2.23. The van der Waals surface area contributed by atoms with E-state index in [-0.39, 0.29) is 55.2 Å². The number of ketones is 1. The van der Waals surface area contributed by atoms with E-state index in [4.69, 9.17) is 5.73 Å². The van der Waals surface area contributed by atoms with Crippen LogP contribution in [0.4, 0.5) is 4.79 Å². The van der Waals surface area contributed by atoms with Crippen LogP contribution in [0.5, 0.6) is 0 Å². The van der Waals surface area contributed by atoms with Gasteiger partial charge < -0.3 is 21.5 Å². The van der Waals surface area contributed by atoms with Crippen molar-refractivity contribution in [1.29, 1.82) is 0 Å². The smallest absolute Gasteiger partial charge is 0.312 e. The summed E-state index contributed by atoms with van der Waals surface area (Å²) in [7, 11) is 0. The number of carbonyl (C=O) groups is 6. The molecule has 0 aromatic rings. The number of aliphatic carboxylic acids is 1. The summed E-state index contributed by atoms with van der Waals surface area (Å²) < 4.78 is 0. The molecule has 12 heteroatoms. The molecule has 0 aromatic carbocycles. The standard InChI is InChI=1S/C23H36N4O7S/c1-14(2)20(16(28)12-15(22(32)33)8-7-10-25-23(24)34)26-18(29)9-5-4-6-11-27-19(30)13-17(35-3)21(27)31/h13-15,20H,4-12H2,1-3H3,(H,26,29)(H,32,33)(H3,24,25,34)/t15-,20+/m1/s1. The summed E-state index contributed by atoms with van der Waals surface area (Å²) in [4.78, 5) is 73.0. The molecule has 0 radical (unpaired) electrons. The van der Waals surface area contributed by atoms with Crippen molar-refractivity contribution in [3.8, 4) is 0 Å². The molecule has 5 N–H and O–H groups in total. The highest BCUT2D eigenvalue weighted by Gasteiger charge is 2.30. The molecule has 0 bridgehead atoms. The van der Waals surface area contributed by atoms with Gasteiger partial charge in [0.2, 0.25) is 5.91 Å². The second kappa shape index (κ2) is 15.2. The molecule has 35 heavy (non-hydrogen) atoms. The van der Waals surface area contributed by atoms with Gasteiger partial charge in [0.05, 0.1) is 16.9 Å². The predicted octanol–water partition coefficient (Wildman–Crippen LogP) is 1.41. The van der Waals surface area contributed by atoms with Crippen LogP contribution in [-0.4, -0.2) is 70.9 Å². The maximum Gasteiger partial charge on any atom is 0.312 e. The third-order valence-electron chi connectivity index (χ3n) is 5.64. The van der Waals surface area contributed by atoms with Gasteiger partial charge in [-0.3, -0.25) is 28.9 Å². The Morgan fingerprint density at radius 3 is 2.34 bits per heavy atom. The van der Waals surface area contributed by atoms with Gasteiger partial charge in [-0.05, 0) is 37.9 Å². The lowest BCUT2D eigenvalue weighted by Crippen LogP contribution is -2.45. The summed E-state index contributed by atoms with van der Waals surface area (Å²) in [6.07, 6.45) is 5.28. The normalized spacial score (nSPS) is 15.1. The van der Waals surface area contributed by atoms with E-state index in [1.165, 1.54) is 22.7 Å². The first-order chi connectivity index (χ1) is 16.5. The van der Waals surface area contributed by atoms with Crippen molar-refractivity contribution in [2.75, 3.05) is 19.3 Å². The van der Waals surface area contributed by atoms with E-state index in [0.717, 1.165) is 0 Å². The van der Waals surface area contributed by atoms with Gasteiger partial charge in [-0.2, -0.15) is 0 Å². The monoisotopic (exact) mass is 512 g/mol. The number of primary amides is 1. The lowest BCUT2D eigenvalue weighted by atomic mass is 9.90. The van der Waals surface area contributed by atoms with E-state index in [2.05, 4.69) is 10.6 Å². The quantitative estimate of drug-likeness (QED) is 0.167. The number of hydrogen-bond donors (Lipinski definition) is 4. The van der Waals surface area contributed by atoms with Gasteiger partial charge in [-0.25, -0.2) is 4.79 Å². The second-order valence-electron chi connectivity index (χ2n) is 8.75. The summed E-state index contributed by atoms with van der Waals surface area (Å²) >= 11 is 1.23. The molecular weight excluding hydrogens is 476 g/mol. The molecule has 11 nitrogen and oxygen atoms in total. The number of Topliss-reactive ketones (excluding diaryl/α,β-unsaturated/α-hetero) is 1. The number of thioether (sulfide) groups is 1. The van der Waals surface area contributed by atoms with Gasteiger partial charge in [0.25, 0.3) is 11.8 Å². The highest BCUT2D eigenvalue weighted by Crippen LogP contribution is 2.22. The average molecular weight is 513 g/mol. The number of nitrogens with two attached hydrogens (primary N) is 1.